The zero-order valence-corrected chi connectivity index (χ0v) is 14.9. The summed E-state index contributed by atoms with van der Waals surface area (Å²) in [4.78, 5) is 32.3. The van der Waals surface area contributed by atoms with Crippen LogP contribution < -0.4 is 5.69 Å². The number of carbonyl (C=O) groups excluding carboxylic acids is 1. The van der Waals surface area contributed by atoms with Crippen LogP contribution in [0.15, 0.2) is 29.1 Å². The Labute approximate surface area is 151 Å². The standard InChI is InChI=1S/C19H22FN3O3/c1-12-16(13(2)22-19(25)21-12)7-8-18(24)23-9-10-26-17(11-23)14-3-5-15(20)6-4-14/h3-6,17H,7-11H2,1-2H3,(H,21,22,25)/t17-/m0/s1. The lowest BCUT2D eigenvalue weighted by atomic mass is 10.0. The summed E-state index contributed by atoms with van der Waals surface area (Å²) in [7, 11) is 0. The summed E-state index contributed by atoms with van der Waals surface area (Å²) in [5, 5.41) is 0. The largest absolute Gasteiger partial charge is 0.370 e. The van der Waals surface area contributed by atoms with Crippen LogP contribution in [0.4, 0.5) is 4.39 Å². The highest BCUT2D eigenvalue weighted by molar-refractivity contribution is 5.76. The van der Waals surface area contributed by atoms with Crippen LogP contribution in [0, 0.1) is 19.7 Å². The van der Waals surface area contributed by atoms with Gasteiger partial charge in [-0.15, -0.1) is 0 Å². The molecule has 1 aliphatic rings. The van der Waals surface area contributed by atoms with Gasteiger partial charge in [0.05, 0.1) is 13.2 Å². The van der Waals surface area contributed by atoms with Crippen molar-refractivity contribution in [3.05, 3.63) is 63.1 Å². The van der Waals surface area contributed by atoms with Crippen molar-refractivity contribution in [3.63, 3.8) is 0 Å². The van der Waals surface area contributed by atoms with Crippen LogP contribution in [0.3, 0.4) is 0 Å². The molecule has 3 rings (SSSR count). The summed E-state index contributed by atoms with van der Waals surface area (Å²) >= 11 is 0. The molecule has 1 fully saturated rings. The maximum atomic E-state index is 13.1. The SMILES string of the molecule is Cc1nc(=O)[nH]c(C)c1CCC(=O)N1CCO[C@H](c2ccc(F)cc2)C1. The highest BCUT2D eigenvalue weighted by Crippen LogP contribution is 2.23. The number of benzene rings is 1. The van der Waals surface area contributed by atoms with E-state index in [4.69, 9.17) is 4.74 Å². The fraction of sp³-hybridized carbons (Fsp3) is 0.421. The van der Waals surface area contributed by atoms with E-state index >= 15 is 0 Å². The summed E-state index contributed by atoms with van der Waals surface area (Å²) in [6.45, 7) is 5.03. The number of carbonyl (C=O) groups is 1. The predicted molar refractivity (Wildman–Crippen MR) is 94.3 cm³/mol. The molecule has 7 heteroatoms. The molecule has 0 unspecified atom stereocenters. The molecule has 0 saturated carbocycles. The minimum atomic E-state index is -0.370. The summed E-state index contributed by atoms with van der Waals surface area (Å²) in [5.74, 6) is -0.261. The van der Waals surface area contributed by atoms with Crippen molar-refractivity contribution in [2.45, 2.75) is 32.8 Å². The summed E-state index contributed by atoms with van der Waals surface area (Å²) in [6, 6.07) is 6.17. The van der Waals surface area contributed by atoms with Gasteiger partial charge < -0.3 is 14.6 Å². The van der Waals surface area contributed by atoms with Gasteiger partial charge in [0, 0.05) is 24.4 Å². The normalized spacial score (nSPS) is 17.3. The van der Waals surface area contributed by atoms with E-state index in [9.17, 15) is 14.0 Å². The van der Waals surface area contributed by atoms with Crippen LogP contribution >= 0.6 is 0 Å². The molecule has 0 spiro atoms. The van der Waals surface area contributed by atoms with Crippen molar-refractivity contribution in [2.75, 3.05) is 19.7 Å². The molecule has 2 aromatic rings. The Hall–Kier alpha value is -2.54. The van der Waals surface area contributed by atoms with Gasteiger partial charge in [0.15, 0.2) is 0 Å². The van der Waals surface area contributed by atoms with Crippen LogP contribution in [0.5, 0.6) is 0 Å². The Balaban J connectivity index is 1.63. The number of nitrogens with one attached hydrogen (secondary N) is 1. The minimum absolute atomic E-state index is 0.0328. The molecular weight excluding hydrogens is 337 g/mol. The fourth-order valence-corrected chi connectivity index (χ4v) is 3.27. The quantitative estimate of drug-likeness (QED) is 0.907. The second kappa shape index (κ2) is 7.78. The molecular formula is C19H22FN3O3. The number of H-pyrrole nitrogens is 1. The number of hydrogen-bond donors (Lipinski definition) is 1. The van der Waals surface area contributed by atoms with Crippen LogP contribution in [-0.4, -0.2) is 40.5 Å². The van der Waals surface area contributed by atoms with Gasteiger partial charge in [0.2, 0.25) is 5.91 Å². The lowest BCUT2D eigenvalue weighted by Crippen LogP contribution is -2.42. The van der Waals surface area contributed by atoms with Gasteiger partial charge in [0.25, 0.3) is 0 Å². The van der Waals surface area contributed by atoms with Crippen LogP contribution in [0.25, 0.3) is 0 Å². The smallest absolute Gasteiger partial charge is 0.345 e. The van der Waals surface area contributed by atoms with Gasteiger partial charge in [-0.2, -0.15) is 4.98 Å². The van der Waals surface area contributed by atoms with Gasteiger partial charge in [0.1, 0.15) is 11.9 Å². The molecule has 0 bridgehead atoms. The number of halogens is 1. The van der Waals surface area contributed by atoms with Crippen molar-refractivity contribution in [1.29, 1.82) is 0 Å². The third-order valence-electron chi connectivity index (χ3n) is 4.70. The Kier molecular flexibility index (Phi) is 5.46. The highest BCUT2D eigenvalue weighted by Gasteiger charge is 2.25. The van der Waals surface area contributed by atoms with Crippen molar-refractivity contribution >= 4 is 5.91 Å². The average molecular weight is 359 g/mol. The van der Waals surface area contributed by atoms with Gasteiger partial charge in [-0.3, -0.25) is 4.79 Å². The lowest BCUT2D eigenvalue weighted by molar-refractivity contribution is -0.139. The van der Waals surface area contributed by atoms with Gasteiger partial charge in [-0.1, -0.05) is 12.1 Å². The van der Waals surface area contributed by atoms with Crippen molar-refractivity contribution in [1.82, 2.24) is 14.9 Å². The first-order valence-corrected chi connectivity index (χ1v) is 8.65. The fourth-order valence-electron chi connectivity index (χ4n) is 3.27. The molecule has 1 saturated heterocycles. The monoisotopic (exact) mass is 359 g/mol. The van der Waals surface area contributed by atoms with Gasteiger partial charge >= 0.3 is 5.69 Å². The number of aromatic amines is 1. The van der Waals surface area contributed by atoms with Crippen LogP contribution in [0.1, 0.15) is 35.0 Å². The van der Waals surface area contributed by atoms with E-state index < -0.39 is 0 Å². The van der Waals surface area contributed by atoms with E-state index in [1.165, 1.54) is 12.1 Å². The summed E-state index contributed by atoms with van der Waals surface area (Å²) < 4.78 is 18.8. The Morgan fingerprint density at radius 3 is 2.77 bits per heavy atom. The second-order valence-electron chi connectivity index (χ2n) is 6.48. The summed E-state index contributed by atoms with van der Waals surface area (Å²) in [6.07, 6.45) is 0.622. The minimum Gasteiger partial charge on any atom is -0.370 e. The molecule has 1 amide bonds. The number of morpholine rings is 1. The van der Waals surface area contributed by atoms with Crippen LogP contribution in [0.2, 0.25) is 0 Å². The molecule has 1 aliphatic heterocycles. The Morgan fingerprint density at radius 1 is 1.35 bits per heavy atom. The number of amides is 1. The zero-order chi connectivity index (χ0) is 18.7. The molecule has 1 aromatic heterocycles. The van der Waals surface area contributed by atoms with Crippen molar-refractivity contribution in [3.8, 4) is 0 Å². The first-order valence-electron chi connectivity index (χ1n) is 8.65. The number of hydrogen-bond acceptors (Lipinski definition) is 4. The molecule has 26 heavy (non-hydrogen) atoms. The van der Waals surface area contributed by atoms with Gasteiger partial charge in [-0.25, -0.2) is 9.18 Å². The molecule has 1 N–H and O–H groups in total. The van der Waals surface area contributed by atoms with E-state index in [0.717, 1.165) is 16.8 Å². The molecule has 138 valence electrons. The maximum Gasteiger partial charge on any atom is 0.345 e. The molecule has 1 atom stereocenters. The summed E-state index contributed by atoms with van der Waals surface area (Å²) in [5.41, 5.74) is 2.80. The van der Waals surface area contributed by atoms with Gasteiger partial charge in [-0.05, 0) is 43.5 Å². The highest BCUT2D eigenvalue weighted by atomic mass is 19.1. The average Bonchev–Trinajstić information content (AvgIpc) is 2.61. The van der Waals surface area contributed by atoms with E-state index in [2.05, 4.69) is 9.97 Å². The van der Waals surface area contributed by atoms with E-state index in [1.807, 2.05) is 6.92 Å². The molecule has 0 radical (unpaired) electrons. The van der Waals surface area contributed by atoms with Crippen molar-refractivity contribution < 1.29 is 13.9 Å². The third kappa shape index (κ3) is 4.16. The first-order chi connectivity index (χ1) is 12.4. The van der Waals surface area contributed by atoms with E-state index in [-0.39, 0.29) is 23.5 Å². The Morgan fingerprint density at radius 2 is 2.08 bits per heavy atom. The lowest BCUT2D eigenvalue weighted by Gasteiger charge is -2.33. The number of nitrogens with zero attached hydrogens (tertiary/aromatic N) is 2. The predicted octanol–water partition coefficient (Wildman–Crippen LogP) is 2.06. The number of aromatic nitrogens is 2. The van der Waals surface area contributed by atoms with Crippen molar-refractivity contribution in [2.24, 2.45) is 0 Å². The number of aryl methyl sites for hydroxylation is 2. The number of ether oxygens (including phenoxy) is 1. The van der Waals surface area contributed by atoms with E-state index in [1.54, 1.807) is 24.0 Å². The molecule has 1 aromatic carbocycles. The number of rotatable bonds is 4. The van der Waals surface area contributed by atoms with E-state index in [0.29, 0.717) is 38.2 Å². The molecule has 0 aliphatic carbocycles. The first kappa shape index (κ1) is 18.3. The molecule has 2 heterocycles. The third-order valence-corrected chi connectivity index (χ3v) is 4.70. The molecule has 6 nitrogen and oxygen atoms in total. The van der Waals surface area contributed by atoms with Crippen LogP contribution in [-0.2, 0) is 16.0 Å². The topological polar surface area (TPSA) is 75.3 Å². The zero-order valence-electron chi connectivity index (χ0n) is 14.9. The second-order valence-corrected chi connectivity index (χ2v) is 6.48. The maximum absolute atomic E-state index is 13.1. The Bertz CT molecular complexity index is 822.